The van der Waals surface area contributed by atoms with Crippen molar-refractivity contribution in [2.75, 3.05) is 108 Å². The molecular weight excluding hydrogens is 1560 g/mol. The number of aliphatic imine (C=N–C) groups is 4. The number of quaternary nitrogens is 3. The smallest absolute Gasteiger partial charge is 0.582 e. The summed E-state index contributed by atoms with van der Waals surface area (Å²) in [7, 11) is -35.1. The predicted octanol–water partition coefficient (Wildman–Crippen LogP) is 4.76. The van der Waals surface area contributed by atoms with Crippen LogP contribution >= 0.6 is 0 Å². The summed E-state index contributed by atoms with van der Waals surface area (Å²) in [6.07, 6.45) is 1.98. The lowest BCUT2D eigenvalue weighted by Crippen LogP contribution is -2.84. The number of ether oxygens (including phenoxy) is 2. The number of hydrogen-bond acceptors (Lipinski definition) is 27. The summed E-state index contributed by atoms with van der Waals surface area (Å²) in [6, 6.07) is 31.5. The fourth-order valence-corrected chi connectivity index (χ4v) is 30.3. The number of amidine groups is 4. The molecule has 4 aliphatic heterocycles. The molecule has 0 aliphatic carbocycles. The van der Waals surface area contributed by atoms with Crippen LogP contribution in [0.25, 0.3) is 21.5 Å². The largest absolute Gasteiger partial charge is 0.748 e. The molecule has 0 spiro atoms. The molecule has 0 saturated heterocycles. The fourth-order valence-electron chi connectivity index (χ4n) is 14.9. The standard InChI is InChI=1S/C69H97N11O21S5Si3/c1-107(2,51-23-39-79(34-13-18-46-102(83,84)85,35-14-19-47-103(86,87)88)36-15-20-48-104(89,90)91)100-109(101-108(3,4)52-24-40-80(37-16-21-49-105(92,93)94,38-17-22-50-106(95,96)97)41-43-99-45-44-98-42-33-61(81)76-82)77-66-57-29-9-10-30-58(57)68(77)74-64-55-27-7-8-28-56(55)65(71-64)75-69-60-32-12-11-31-59(60)67(78(69)109)73-63-54-26-6-5-25-53(54)62(70-63)72-66/h5-12,25-32H,13-24,33-52H2,1-4H3,(H5-2,70,71,72,73,74,75,76,81,82,83,84,85,86,87,88,89,90,91,92,93,94,95,96,97)/p-2. The lowest BCUT2D eigenvalue weighted by Gasteiger charge is -2.44. The van der Waals surface area contributed by atoms with Crippen molar-refractivity contribution in [2.45, 2.75) is 122 Å². The van der Waals surface area contributed by atoms with Crippen molar-refractivity contribution in [3.8, 4) is 0 Å². The molecule has 6 heterocycles. The first-order valence-corrected chi connectivity index (χ1v) is 52.4. The van der Waals surface area contributed by atoms with E-state index in [0.717, 1.165) is 0 Å². The van der Waals surface area contributed by atoms with Crippen molar-refractivity contribution in [2.24, 2.45) is 30.0 Å². The monoisotopic (exact) mass is 1660 g/mol. The molecular formula is C69H95N11O21S5Si3-2. The third-order valence-corrected chi connectivity index (χ3v) is 35.6. The molecule has 0 fully saturated rings. The number of primary amides is 1. The fraction of sp³-hybridized carbons (Fsp3) is 0.522. The normalized spacial score (nSPS) is 16.1. The minimum absolute atomic E-state index is 0.0117. The third kappa shape index (κ3) is 23.3. The maximum atomic E-state index is 12.1. The lowest BCUT2D eigenvalue weighted by atomic mass is 10.1. The number of fused-ring (bicyclic) bond motifs is 14. The first-order valence-electron chi connectivity index (χ1n) is 36.6. The Morgan fingerprint density at radius 3 is 1.05 bits per heavy atom. The second kappa shape index (κ2) is 35.9. The van der Waals surface area contributed by atoms with E-state index in [-0.39, 0.29) is 126 Å². The first-order chi connectivity index (χ1) is 51.4. The van der Waals surface area contributed by atoms with Gasteiger partial charge in [-0.05, 0) is 115 Å². The predicted molar refractivity (Wildman–Crippen MR) is 410 cm³/mol. The van der Waals surface area contributed by atoms with E-state index in [1.807, 2.05) is 106 Å². The summed E-state index contributed by atoms with van der Waals surface area (Å²) in [5.74, 6) is -1.62. The Labute approximate surface area is 639 Å². The lowest BCUT2D eigenvalue weighted by molar-refractivity contribution is -0.929. The number of carbonyl (C=O) groups excluding carboxylic acids is 1. The van der Waals surface area contributed by atoms with Gasteiger partial charge in [-0.15, -0.1) is 5.48 Å². The highest BCUT2D eigenvalue weighted by atomic mass is 32.2. The molecule has 40 heteroatoms. The number of hydrogen-bond donors (Lipinski definition) is 2. The van der Waals surface area contributed by atoms with E-state index in [1.54, 1.807) is 0 Å². The number of unbranched alkanes of at least 4 members (excludes halogenated alkanes) is 5. The highest BCUT2D eigenvalue weighted by Gasteiger charge is 2.58. The van der Waals surface area contributed by atoms with E-state index < -0.39 is 111 Å². The molecule has 32 nitrogen and oxygen atoms in total. The van der Waals surface area contributed by atoms with Crippen LogP contribution in [0.1, 0.15) is 106 Å². The van der Waals surface area contributed by atoms with Crippen LogP contribution in [0.15, 0.2) is 127 Å². The SMILES string of the molecule is C[Si](C)(CCC[N+](CCCCS(=O)(=O)[O-])(CCCCS(=O)(=O)[O-])CCCCS(=O)(=O)[O-])O[Si]1(O[Si](C)(C)CCC[N+](CCCCS(=O)(=O)[O-])(CCCCS(=O)(=O)[O-])CCOCCOCCC(=O)[NH2+]O)n2c3c4ccccc4c2N=C2N=C(N=c4c5ccccc5c(n41)=NC1=NC(=N3)c3ccccc31)c1ccccc12. The van der Waals surface area contributed by atoms with Crippen molar-refractivity contribution in [1.82, 2.24) is 8.47 Å². The molecule has 6 bridgehead atoms. The van der Waals surface area contributed by atoms with Crippen LogP contribution in [-0.2, 0) is 73.1 Å². The number of nitrogens with zero attached hydrogens (tertiary/aromatic N) is 10. The number of amides is 1. The second-order valence-electron chi connectivity index (χ2n) is 29.5. The molecule has 1 atom stereocenters. The van der Waals surface area contributed by atoms with Crippen molar-refractivity contribution in [1.29, 1.82) is 0 Å². The van der Waals surface area contributed by atoms with E-state index in [9.17, 15) is 69.6 Å². The van der Waals surface area contributed by atoms with Gasteiger partial charge in [-0.2, -0.15) is 0 Å². The number of hydroxylamine groups is 1. The van der Waals surface area contributed by atoms with E-state index in [1.165, 1.54) is 0 Å². The van der Waals surface area contributed by atoms with E-state index >= 15 is 0 Å². The molecule has 3 N–H and O–H groups in total. The molecule has 109 heavy (non-hydrogen) atoms. The van der Waals surface area contributed by atoms with E-state index in [2.05, 4.69) is 26.2 Å². The molecule has 10 rings (SSSR count). The van der Waals surface area contributed by atoms with E-state index in [4.69, 9.17) is 52.9 Å². The Balaban J connectivity index is 1.16. The Morgan fingerprint density at radius 2 is 0.706 bits per heavy atom. The van der Waals surface area contributed by atoms with Gasteiger partial charge >= 0.3 is 14.8 Å². The van der Waals surface area contributed by atoms with Gasteiger partial charge in [-0.1, -0.05) is 97.1 Å². The second-order valence-corrected chi connectivity index (χ2v) is 48.8. The minimum atomic E-state index is -5.00. The van der Waals surface area contributed by atoms with Crippen LogP contribution < -0.4 is 16.5 Å². The topological polar surface area (TPSA) is 461 Å². The molecule has 596 valence electrons. The summed E-state index contributed by atoms with van der Waals surface area (Å²) in [4.78, 5) is 44.8. The number of aromatic nitrogens is 2. The number of carbonyl (C=O) groups is 1. The van der Waals surface area contributed by atoms with E-state index in [0.29, 0.717) is 153 Å². The summed E-state index contributed by atoms with van der Waals surface area (Å²) >= 11 is 0. The zero-order valence-electron chi connectivity index (χ0n) is 61.6. The summed E-state index contributed by atoms with van der Waals surface area (Å²) in [5.41, 5.74) is 3.98. The van der Waals surface area contributed by atoms with Gasteiger partial charge in [-0.3, -0.25) is 8.47 Å². The van der Waals surface area contributed by atoms with Gasteiger partial charge in [-0.25, -0.2) is 82.0 Å². The zero-order valence-corrected chi connectivity index (χ0v) is 68.7. The molecule has 1 amide bonds. The molecule has 4 aliphatic rings. The summed E-state index contributed by atoms with van der Waals surface area (Å²) in [5, 5.41) is 11.7. The van der Waals surface area contributed by atoms with Gasteiger partial charge in [0.15, 0.2) is 40.0 Å². The molecule has 0 radical (unpaired) electrons. The third-order valence-electron chi connectivity index (χ3n) is 20.1. The zero-order chi connectivity index (χ0) is 78.7. The molecule has 0 saturated carbocycles. The molecule has 4 aromatic carbocycles. The first kappa shape index (κ1) is 85.2. The maximum absolute atomic E-state index is 12.1. The molecule has 1 unspecified atom stereocenters. The average molecular weight is 1660 g/mol. The van der Waals surface area contributed by atoms with Gasteiger partial charge in [0.2, 0.25) is 0 Å². The van der Waals surface area contributed by atoms with Gasteiger partial charge < -0.3 is 49.4 Å². The van der Waals surface area contributed by atoms with Crippen LogP contribution in [0.3, 0.4) is 0 Å². The average Bonchev–Trinajstić information content (AvgIpc) is 1.52. The Hall–Kier alpha value is -6.21. The van der Waals surface area contributed by atoms with Gasteiger partial charge in [0.25, 0.3) is 0 Å². The minimum Gasteiger partial charge on any atom is -0.748 e. The maximum Gasteiger partial charge on any atom is 0.582 e. The number of nitrogens with two attached hydrogens (primary N) is 1. The summed E-state index contributed by atoms with van der Waals surface area (Å²) < 4.78 is 214. The highest BCUT2D eigenvalue weighted by molar-refractivity contribution is 7.86. The van der Waals surface area contributed by atoms with Crippen LogP contribution in [-0.4, -0.2) is 250 Å². The highest BCUT2D eigenvalue weighted by Crippen LogP contribution is 2.46. The van der Waals surface area contributed by atoms with Crippen molar-refractivity contribution in [3.05, 3.63) is 130 Å². The number of rotatable bonds is 46. The van der Waals surface area contributed by atoms with Gasteiger partial charge in [0.05, 0.1) is 129 Å². The Morgan fingerprint density at radius 1 is 0.404 bits per heavy atom. The number of benzene rings is 4. The van der Waals surface area contributed by atoms with Gasteiger partial charge in [0, 0.05) is 72.6 Å². The van der Waals surface area contributed by atoms with Crippen molar-refractivity contribution in [3.63, 3.8) is 0 Å². The Bertz CT molecular complexity index is 4890. The Kier molecular flexibility index (Phi) is 28.0. The van der Waals surface area contributed by atoms with Crippen LogP contribution in [0.4, 0.5) is 11.6 Å². The summed E-state index contributed by atoms with van der Waals surface area (Å²) in [6.45, 7) is 11.1. The van der Waals surface area contributed by atoms with Crippen molar-refractivity contribution >= 4 is 139 Å². The molecule has 2 aromatic heterocycles. The van der Waals surface area contributed by atoms with Crippen LogP contribution in [0.5, 0.6) is 0 Å². The van der Waals surface area contributed by atoms with Crippen LogP contribution in [0, 0.1) is 0 Å². The quantitative estimate of drug-likeness (QED) is 0.0130. The van der Waals surface area contributed by atoms with Crippen molar-refractivity contribution < 1.29 is 107 Å². The van der Waals surface area contributed by atoms with Crippen LogP contribution in [0.2, 0.25) is 38.3 Å². The molecule has 6 aromatic rings. The van der Waals surface area contributed by atoms with Gasteiger partial charge in [0.1, 0.15) is 29.2 Å².